The standard InChI is InChI=1S/C25H32N2/c1-25(2,3)17-10-7-11-18-26(4)20-23-15-12-16-24(19-23)27(5)21-22-13-8-6-9-14-22/h6-9,11-16,19H,18,20-21H2,1-5H3/b11-7+. The van der Waals surface area contributed by atoms with Gasteiger partial charge < -0.3 is 4.90 Å². The lowest BCUT2D eigenvalue weighted by Gasteiger charge is -2.21. The van der Waals surface area contributed by atoms with Gasteiger partial charge in [-0.3, -0.25) is 4.90 Å². The van der Waals surface area contributed by atoms with Crippen molar-refractivity contribution in [3.05, 3.63) is 77.9 Å². The molecular weight excluding hydrogens is 328 g/mol. The Bertz CT molecular complexity index is 788. The fourth-order valence-electron chi connectivity index (χ4n) is 2.77. The number of hydrogen-bond acceptors (Lipinski definition) is 2. The van der Waals surface area contributed by atoms with Gasteiger partial charge in [0.25, 0.3) is 0 Å². The molecule has 2 aromatic rings. The molecule has 27 heavy (non-hydrogen) atoms. The molecule has 2 rings (SSSR count). The molecule has 142 valence electrons. The summed E-state index contributed by atoms with van der Waals surface area (Å²) in [4.78, 5) is 4.59. The highest BCUT2D eigenvalue weighted by molar-refractivity contribution is 5.48. The molecule has 0 radical (unpaired) electrons. The third kappa shape index (κ3) is 8.15. The van der Waals surface area contributed by atoms with E-state index in [4.69, 9.17) is 0 Å². The van der Waals surface area contributed by atoms with Crippen molar-refractivity contribution in [2.45, 2.75) is 33.9 Å². The summed E-state index contributed by atoms with van der Waals surface area (Å²) in [6.45, 7) is 9.10. The Morgan fingerprint density at radius 3 is 2.30 bits per heavy atom. The lowest BCUT2D eigenvalue weighted by molar-refractivity contribution is 0.363. The van der Waals surface area contributed by atoms with Crippen LogP contribution in [-0.4, -0.2) is 25.5 Å². The fraction of sp³-hybridized carbons (Fsp3) is 0.360. The molecule has 2 nitrogen and oxygen atoms in total. The SMILES string of the molecule is CN(C/C=C/C#CC(C)(C)C)Cc1cccc(N(C)Cc2ccccc2)c1. The first-order valence-electron chi connectivity index (χ1n) is 9.54. The minimum atomic E-state index is 0.0580. The molecule has 2 heteroatoms. The van der Waals surface area contributed by atoms with Gasteiger partial charge in [-0.15, -0.1) is 0 Å². The monoisotopic (exact) mass is 360 g/mol. The number of allylic oxidation sites excluding steroid dienone is 1. The lowest BCUT2D eigenvalue weighted by atomic mass is 9.98. The Kier molecular flexibility index (Phi) is 7.70. The van der Waals surface area contributed by atoms with Crippen LogP contribution in [-0.2, 0) is 13.1 Å². The van der Waals surface area contributed by atoms with Crippen molar-refractivity contribution in [3.8, 4) is 11.8 Å². The molecule has 0 aromatic heterocycles. The average molecular weight is 361 g/mol. The molecule has 0 aliphatic carbocycles. The molecular formula is C25H32N2. The maximum atomic E-state index is 3.22. The second-order valence-electron chi connectivity index (χ2n) is 8.13. The van der Waals surface area contributed by atoms with Crippen molar-refractivity contribution in [2.24, 2.45) is 5.41 Å². The van der Waals surface area contributed by atoms with Gasteiger partial charge in [-0.2, -0.15) is 0 Å². The van der Waals surface area contributed by atoms with Crippen LogP contribution in [0, 0.1) is 17.3 Å². The lowest BCUT2D eigenvalue weighted by Crippen LogP contribution is -2.19. The van der Waals surface area contributed by atoms with Gasteiger partial charge in [-0.1, -0.05) is 60.4 Å². The van der Waals surface area contributed by atoms with E-state index in [1.54, 1.807) is 0 Å². The Labute approximate surface area is 165 Å². The highest BCUT2D eigenvalue weighted by Gasteiger charge is 2.05. The van der Waals surface area contributed by atoms with Crippen LogP contribution in [0.4, 0.5) is 5.69 Å². The third-order valence-corrected chi connectivity index (χ3v) is 4.13. The van der Waals surface area contributed by atoms with E-state index < -0.39 is 0 Å². The van der Waals surface area contributed by atoms with Crippen LogP contribution in [0.15, 0.2) is 66.7 Å². The smallest absolute Gasteiger partial charge is 0.0426 e. The summed E-state index contributed by atoms with van der Waals surface area (Å²) in [6, 6.07) is 19.4. The summed E-state index contributed by atoms with van der Waals surface area (Å²) in [6.07, 6.45) is 4.09. The second-order valence-corrected chi connectivity index (χ2v) is 8.13. The molecule has 0 fully saturated rings. The highest BCUT2D eigenvalue weighted by atomic mass is 15.1. The van der Waals surface area contributed by atoms with Gasteiger partial charge in [0.05, 0.1) is 0 Å². The normalized spacial score (nSPS) is 11.5. The molecule has 0 bridgehead atoms. The van der Waals surface area contributed by atoms with E-state index in [0.29, 0.717) is 0 Å². The first-order valence-corrected chi connectivity index (χ1v) is 9.54. The summed E-state index contributed by atoms with van der Waals surface area (Å²) < 4.78 is 0. The van der Waals surface area contributed by atoms with Gasteiger partial charge >= 0.3 is 0 Å². The van der Waals surface area contributed by atoms with Crippen molar-refractivity contribution in [1.29, 1.82) is 0 Å². The van der Waals surface area contributed by atoms with Crippen molar-refractivity contribution in [3.63, 3.8) is 0 Å². The van der Waals surface area contributed by atoms with Gasteiger partial charge in [0.1, 0.15) is 0 Å². The van der Waals surface area contributed by atoms with Gasteiger partial charge in [0.15, 0.2) is 0 Å². The van der Waals surface area contributed by atoms with Crippen LogP contribution in [0.3, 0.4) is 0 Å². The zero-order valence-electron chi connectivity index (χ0n) is 17.4. The molecule has 0 aliphatic heterocycles. The molecule has 0 aliphatic rings. The van der Waals surface area contributed by atoms with Crippen molar-refractivity contribution >= 4 is 5.69 Å². The van der Waals surface area contributed by atoms with Crippen LogP contribution < -0.4 is 4.90 Å². The molecule has 0 N–H and O–H groups in total. The van der Waals surface area contributed by atoms with E-state index in [1.165, 1.54) is 16.8 Å². The first kappa shape index (κ1) is 20.8. The summed E-state index contributed by atoms with van der Waals surface area (Å²) in [7, 11) is 4.29. The zero-order chi connectivity index (χ0) is 19.7. The fourth-order valence-corrected chi connectivity index (χ4v) is 2.77. The Morgan fingerprint density at radius 2 is 1.59 bits per heavy atom. The summed E-state index contributed by atoms with van der Waals surface area (Å²) >= 11 is 0. The topological polar surface area (TPSA) is 6.48 Å². The van der Waals surface area contributed by atoms with Gasteiger partial charge in [-0.25, -0.2) is 0 Å². The van der Waals surface area contributed by atoms with Crippen LogP contribution in [0.1, 0.15) is 31.9 Å². The Hall–Kier alpha value is -2.50. The van der Waals surface area contributed by atoms with Crippen LogP contribution in [0.5, 0.6) is 0 Å². The van der Waals surface area contributed by atoms with E-state index >= 15 is 0 Å². The van der Waals surface area contributed by atoms with Crippen molar-refractivity contribution in [1.82, 2.24) is 4.90 Å². The number of hydrogen-bond donors (Lipinski definition) is 0. The predicted octanol–water partition coefficient (Wildman–Crippen LogP) is 5.36. The summed E-state index contributed by atoms with van der Waals surface area (Å²) in [5.41, 5.74) is 3.95. The molecule has 0 spiro atoms. The quantitative estimate of drug-likeness (QED) is 0.613. The predicted molar refractivity (Wildman–Crippen MR) is 118 cm³/mol. The van der Waals surface area contributed by atoms with Crippen LogP contribution in [0.2, 0.25) is 0 Å². The Morgan fingerprint density at radius 1 is 0.889 bits per heavy atom. The number of anilines is 1. The van der Waals surface area contributed by atoms with Crippen molar-refractivity contribution < 1.29 is 0 Å². The minimum absolute atomic E-state index is 0.0580. The van der Waals surface area contributed by atoms with Gasteiger partial charge in [0, 0.05) is 37.8 Å². The van der Waals surface area contributed by atoms with Crippen molar-refractivity contribution in [2.75, 3.05) is 25.5 Å². The summed E-state index contributed by atoms with van der Waals surface area (Å²) in [5, 5.41) is 0. The van der Waals surface area contributed by atoms with Gasteiger partial charge in [-0.05, 0) is 57.2 Å². The molecule has 0 heterocycles. The summed E-state index contributed by atoms with van der Waals surface area (Å²) in [5.74, 6) is 6.35. The van der Waals surface area contributed by atoms with E-state index in [2.05, 4.69) is 117 Å². The molecule has 0 saturated heterocycles. The largest absolute Gasteiger partial charge is 0.370 e. The number of rotatable bonds is 7. The highest BCUT2D eigenvalue weighted by Crippen LogP contribution is 2.18. The zero-order valence-corrected chi connectivity index (χ0v) is 17.4. The van der Waals surface area contributed by atoms with Crippen LogP contribution in [0.25, 0.3) is 0 Å². The molecule has 0 amide bonds. The number of nitrogens with zero attached hydrogens (tertiary/aromatic N) is 2. The second kappa shape index (κ2) is 10.00. The maximum Gasteiger partial charge on any atom is 0.0426 e. The third-order valence-electron chi connectivity index (χ3n) is 4.13. The average Bonchev–Trinajstić information content (AvgIpc) is 2.61. The number of benzene rings is 2. The molecule has 0 atom stereocenters. The molecule has 0 saturated carbocycles. The van der Waals surface area contributed by atoms with E-state index in [9.17, 15) is 0 Å². The first-order chi connectivity index (χ1) is 12.8. The number of likely N-dealkylation sites (N-methyl/N-ethyl adjacent to an activating group) is 1. The van der Waals surface area contributed by atoms with E-state index in [1.807, 2.05) is 6.08 Å². The maximum absolute atomic E-state index is 3.22. The van der Waals surface area contributed by atoms with E-state index in [0.717, 1.165) is 19.6 Å². The van der Waals surface area contributed by atoms with E-state index in [-0.39, 0.29) is 5.41 Å². The molecule has 0 unspecified atom stereocenters. The van der Waals surface area contributed by atoms with Crippen LogP contribution >= 0.6 is 0 Å². The Balaban J connectivity index is 1.90. The molecule has 2 aromatic carbocycles. The minimum Gasteiger partial charge on any atom is -0.370 e. The van der Waals surface area contributed by atoms with Gasteiger partial charge in [0.2, 0.25) is 0 Å².